The van der Waals surface area contributed by atoms with Crippen molar-refractivity contribution in [3.8, 4) is 28.5 Å². The summed E-state index contributed by atoms with van der Waals surface area (Å²) in [5, 5.41) is 13.4. The van der Waals surface area contributed by atoms with Gasteiger partial charge in [-0.2, -0.15) is 5.26 Å². The van der Waals surface area contributed by atoms with Crippen molar-refractivity contribution in [1.29, 1.82) is 5.26 Å². The normalized spacial score (nSPS) is 11.9. The van der Waals surface area contributed by atoms with Crippen LogP contribution in [0.3, 0.4) is 0 Å². The molecule has 4 aromatic rings. The van der Waals surface area contributed by atoms with Gasteiger partial charge in [0.2, 0.25) is 5.71 Å². The second kappa shape index (κ2) is 9.41. The van der Waals surface area contributed by atoms with Crippen LogP contribution in [0.15, 0.2) is 65.3 Å². The van der Waals surface area contributed by atoms with Gasteiger partial charge in [0.1, 0.15) is 17.9 Å². The van der Waals surface area contributed by atoms with Crippen LogP contribution in [0.2, 0.25) is 0 Å². The van der Waals surface area contributed by atoms with Crippen LogP contribution in [0, 0.1) is 11.3 Å². The Bertz CT molecular complexity index is 1190. The number of anilines is 1. The van der Waals surface area contributed by atoms with E-state index in [1.807, 2.05) is 49.4 Å². The highest BCUT2D eigenvalue weighted by molar-refractivity contribution is 6.05. The molecule has 2 aromatic carbocycles. The maximum atomic E-state index is 9.13. The van der Waals surface area contributed by atoms with E-state index in [-0.39, 0.29) is 6.10 Å². The third-order valence-corrected chi connectivity index (χ3v) is 4.99. The zero-order chi connectivity index (χ0) is 21.6. The summed E-state index contributed by atoms with van der Waals surface area (Å²) in [6.07, 6.45) is 2.54. The van der Waals surface area contributed by atoms with Crippen molar-refractivity contribution in [3.63, 3.8) is 0 Å². The summed E-state index contributed by atoms with van der Waals surface area (Å²) >= 11 is 0. The summed E-state index contributed by atoms with van der Waals surface area (Å²) < 4.78 is 12.0. The molecule has 0 saturated carbocycles. The quantitative estimate of drug-likeness (QED) is 0.402. The topological polar surface area (TPSA) is 84.0 Å². The maximum Gasteiger partial charge on any atom is 0.232 e. The van der Waals surface area contributed by atoms with Crippen molar-refractivity contribution in [2.24, 2.45) is 0 Å². The van der Waals surface area contributed by atoms with E-state index < -0.39 is 0 Å². The lowest BCUT2D eigenvalue weighted by molar-refractivity contribution is 0.0752. The molecule has 6 nitrogen and oxygen atoms in total. The molecule has 0 saturated heterocycles. The van der Waals surface area contributed by atoms with Crippen LogP contribution in [0.1, 0.15) is 25.8 Å². The fourth-order valence-corrected chi connectivity index (χ4v) is 3.47. The smallest absolute Gasteiger partial charge is 0.232 e. The largest absolute Gasteiger partial charge is 0.437 e. The number of hydrogen-bond acceptors (Lipinski definition) is 6. The number of benzene rings is 2. The number of nitrogens with one attached hydrogen (secondary N) is 1. The molecule has 2 heterocycles. The summed E-state index contributed by atoms with van der Waals surface area (Å²) in [6, 6.07) is 19.6. The molecule has 6 heteroatoms. The number of fused-ring (bicyclic) bond motifs is 1. The number of rotatable bonds is 8. The minimum atomic E-state index is 0.0510. The Balaban J connectivity index is 1.82. The number of furan rings is 1. The van der Waals surface area contributed by atoms with Gasteiger partial charge in [0.25, 0.3) is 0 Å². The van der Waals surface area contributed by atoms with Crippen LogP contribution >= 0.6 is 0 Å². The molecule has 0 bridgehead atoms. The van der Waals surface area contributed by atoms with Crippen molar-refractivity contribution >= 4 is 16.9 Å². The van der Waals surface area contributed by atoms with Gasteiger partial charge in [0, 0.05) is 24.3 Å². The van der Waals surface area contributed by atoms with Gasteiger partial charge in [-0.25, -0.2) is 9.97 Å². The van der Waals surface area contributed by atoms with Crippen LogP contribution in [0.5, 0.6) is 0 Å². The zero-order valence-electron chi connectivity index (χ0n) is 17.6. The number of nitrogens with zero attached hydrogens (tertiary/aromatic N) is 3. The molecule has 0 aliphatic carbocycles. The van der Waals surface area contributed by atoms with Gasteiger partial charge in [0.15, 0.2) is 0 Å². The predicted molar refractivity (Wildman–Crippen MR) is 122 cm³/mol. The molecule has 0 fully saturated rings. The van der Waals surface area contributed by atoms with Gasteiger partial charge in [-0.05, 0) is 43.2 Å². The first kappa shape index (κ1) is 20.6. The number of hydrogen-bond donors (Lipinski definition) is 1. The Morgan fingerprint density at radius 1 is 1.06 bits per heavy atom. The second-order valence-corrected chi connectivity index (χ2v) is 7.33. The van der Waals surface area contributed by atoms with E-state index in [0.717, 1.165) is 35.1 Å². The third kappa shape index (κ3) is 4.42. The van der Waals surface area contributed by atoms with Gasteiger partial charge < -0.3 is 14.5 Å². The van der Waals surface area contributed by atoms with E-state index in [0.29, 0.717) is 29.4 Å². The van der Waals surface area contributed by atoms with Crippen molar-refractivity contribution in [2.45, 2.75) is 26.4 Å². The lowest BCUT2D eigenvalue weighted by Gasteiger charge is -2.14. The SMILES string of the molecule is CCCOC(C)CNc1ncnc2oc(-c3ccc(C#N)cc3)c(-c3ccccc3)c12. The standard InChI is InChI=1S/C25H24N4O2/c1-3-13-30-17(2)15-27-24-22-21(19-7-5-4-6-8-19)23(31-25(22)29-16-28-24)20-11-9-18(14-26)10-12-20/h4-12,16-17H,3,13,15H2,1-2H3,(H,27,28,29). The molecule has 1 N–H and O–H groups in total. The van der Waals surface area contributed by atoms with Gasteiger partial charge in [-0.15, -0.1) is 0 Å². The van der Waals surface area contributed by atoms with Gasteiger partial charge in [0.05, 0.1) is 23.1 Å². The Morgan fingerprint density at radius 3 is 2.55 bits per heavy atom. The van der Waals surface area contributed by atoms with Crippen molar-refractivity contribution < 1.29 is 9.15 Å². The molecule has 0 radical (unpaired) electrons. The molecule has 31 heavy (non-hydrogen) atoms. The molecule has 156 valence electrons. The van der Waals surface area contributed by atoms with E-state index in [1.165, 1.54) is 6.33 Å². The number of ether oxygens (including phenoxy) is 1. The molecule has 4 rings (SSSR count). The van der Waals surface area contributed by atoms with Crippen LogP contribution in [0.25, 0.3) is 33.6 Å². The van der Waals surface area contributed by atoms with E-state index in [1.54, 1.807) is 12.1 Å². The second-order valence-electron chi connectivity index (χ2n) is 7.33. The van der Waals surface area contributed by atoms with Gasteiger partial charge >= 0.3 is 0 Å². The highest BCUT2D eigenvalue weighted by Crippen LogP contribution is 2.42. The van der Waals surface area contributed by atoms with Gasteiger partial charge in [-0.3, -0.25) is 0 Å². The highest BCUT2D eigenvalue weighted by atomic mass is 16.5. The fraction of sp³-hybridized carbons (Fsp3) is 0.240. The molecule has 0 aliphatic heterocycles. The average molecular weight is 412 g/mol. The Hall–Kier alpha value is -3.69. The minimum absolute atomic E-state index is 0.0510. The Kier molecular flexibility index (Phi) is 6.25. The number of nitriles is 1. The fourth-order valence-electron chi connectivity index (χ4n) is 3.47. The van der Waals surface area contributed by atoms with Crippen LogP contribution in [0.4, 0.5) is 5.82 Å². The van der Waals surface area contributed by atoms with Crippen LogP contribution < -0.4 is 5.32 Å². The summed E-state index contributed by atoms with van der Waals surface area (Å²) in [5.74, 6) is 1.41. The molecular formula is C25H24N4O2. The lowest BCUT2D eigenvalue weighted by Crippen LogP contribution is -2.20. The lowest BCUT2D eigenvalue weighted by atomic mass is 9.99. The molecule has 0 spiro atoms. The molecule has 0 amide bonds. The molecular weight excluding hydrogens is 388 g/mol. The molecule has 1 unspecified atom stereocenters. The summed E-state index contributed by atoms with van der Waals surface area (Å²) in [6.45, 7) is 5.48. The summed E-state index contributed by atoms with van der Waals surface area (Å²) in [4.78, 5) is 8.88. The minimum Gasteiger partial charge on any atom is -0.437 e. The molecule has 0 aliphatic rings. The van der Waals surface area contributed by atoms with E-state index in [9.17, 15) is 0 Å². The van der Waals surface area contributed by atoms with Gasteiger partial charge in [-0.1, -0.05) is 37.3 Å². The first-order valence-electron chi connectivity index (χ1n) is 10.4. The first-order chi connectivity index (χ1) is 15.2. The van der Waals surface area contributed by atoms with E-state index in [4.69, 9.17) is 14.4 Å². The third-order valence-electron chi connectivity index (χ3n) is 4.99. The highest BCUT2D eigenvalue weighted by Gasteiger charge is 2.22. The van der Waals surface area contributed by atoms with E-state index >= 15 is 0 Å². The Morgan fingerprint density at radius 2 is 1.84 bits per heavy atom. The van der Waals surface area contributed by atoms with Crippen molar-refractivity contribution in [2.75, 3.05) is 18.5 Å². The average Bonchev–Trinajstić information content (AvgIpc) is 3.22. The molecule has 2 aromatic heterocycles. The first-order valence-corrected chi connectivity index (χ1v) is 10.4. The van der Waals surface area contributed by atoms with E-state index in [2.05, 4.69) is 28.3 Å². The molecule has 1 atom stereocenters. The monoisotopic (exact) mass is 412 g/mol. The number of aromatic nitrogens is 2. The van der Waals surface area contributed by atoms with Crippen molar-refractivity contribution in [1.82, 2.24) is 9.97 Å². The maximum absolute atomic E-state index is 9.13. The summed E-state index contributed by atoms with van der Waals surface area (Å²) in [7, 11) is 0. The summed E-state index contributed by atoms with van der Waals surface area (Å²) in [5.41, 5.74) is 3.92. The predicted octanol–water partition coefficient (Wildman–Crippen LogP) is 5.66. The van der Waals surface area contributed by atoms with Crippen LogP contribution in [-0.2, 0) is 4.74 Å². The zero-order valence-corrected chi connectivity index (χ0v) is 17.6. The Labute approximate surface area is 181 Å². The van der Waals surface area contributed by atoms with Crippen molar-refractivity contribution in [3.05, 3.63) is 66.5 Å². The van der Waals surface area contributed by atoms with Crippen LogP contribution in [-0.4, -0.2) is 29.2 Å².